The molecule has 0 saturated heterocycles. The van der Waals surface area contributed by atoms with Crippen molar-refractivity contribution in [3.63, 3.8) is 0 Å². The molecule has 0 amide bonds. The Hall–Kier alpha value is -2.29. The van der Waals surface area contributed by atoms with Crippen LogP contribution in [0.2, 0.25) is 0 Å². The Kier molecular flexibility index (Phi) is 23.1. The van der Waals surface area contributed by atoms with Crippen LogP contribution in [0, 0.1) is 5.92 Å². The topological polar surface area (TPSA) is 46.5 Å². The Balaban J connectivity index is -0.000000699. The van der Waals surface area contributed by atoms with Crippen LogP contribution < -0.4 is 4.74 Å². The van der Waals surface area contributed by atoms with Crippen LogP contribution in [0.4, 0.5) is 0 Å². The highest BCUT2D eigenvalue weighted by Crippen LogP contribution is 2.45. The molecule has 0 aromatic heterocycles. The minimum atomic E-state index is -0.947. The van der Waals surface area contributed by atoms with Gasteiger partial charge in [0.25, 0.3) is 0 Å². The molecule has 1 atom stereocenters. The van der Waals surface area contributed by atoms with Gasteiger partial charge in [0.2, 0.25) is 0 Å². The van der Waals surface area contributed by atoms with Gasteiger partial charge in [-0.3, -0.25) is 0 Å². The molecule has 1 unspecified atom stereocenters. The van der Waals surface area contributed by atoms with Gasteiger partial charge in [-0.1, -0.05) is 90.7 Å². The number of benzene rings is 1. The maximum absolute atomic E-state index is 10.9. The van der Waals surface area contributed by atoms with Crippen molar-refractivity contribution in [3.8, 4) is 5.75 Å². The van der Waals surface area contributed by atoms with E-state index < -0.39 is 12.1 Å². The number of carboxylic acids is 1. The van der Waals surface area contributed by atoms with Gasteiger partial charge >= 0.3 is 5.97 Å². The quantitative estimate of drug-likeness (QED) is 0.430. The average molecular weight is 461 g/mol. The summed E-state index contributed by atoms with van der Waals surface area (Å²) in [6.45, 7) is 27.6. The summed E-state index contributed by atoms with van der Waals surface area (Å²) in [6, 6.07) is 7.99. The number of hydrogen-bond acceptors (Lipinski definition) is 2. The molecule has 1 saturated carbocycles. The molecule has 2 rings (SSSR count). The van der Waals surface area contributed by atoms with Crippen LogP contribution in [0.3, 0.4) is 0 Å². The van der Waals surface area contributed by atoms with Crippen LogP contribution in [0.1, 0.15) is 100.0 Å². The van der Waals surface area contributed by atoms with Gasteiger partial charge < -0.3 is 9.84 Å². The summed E-state index contributed by atoms with van der Waals surface area (Å²) in [5.41, 5.74) is 2.89. The van der Waals surface area contributed by atoms with Crippen molar-refractivity contribution in [2.75, 3.05) is 0 Å². The monoisotopic (exact) mass is 460 g/mol. The number of carbonyl (C=O) groups is 1. The number of rotatable bonds is 6. The standard InChI is InChI=1S/C19H26O3.C5H10.2C2H6.C2H4/c1-4-14(2)19(12-6-5-7-13-19)16-8-10-17(11-9-16)22-15(3)18(20)21;1-4-5(2)3;3*1-2/h4,8-11,15H,5-7,12-13H2,1-3H3,(H,20,21);4-5H,1H2,2-3H3;2*1-2H3;1-2H2/b14-4+;;;;. The summed E-state index contributed by atoms with van der Waals surface area (Å²) in [6.07, 6.45) is 9.54. The van der Waals surface area contributed by atoms with Gasteiger partial charge in [0.15, 0.2) is 6.10 Å². The molecule has 1 fully saturated rings. The first-order valence-electron chi connectivity index (χ1n) is 12.5. The van der Waals surface area contributed by atoms with Crippen molar-refractivity contribution in [3.05, 3.63) is 67.3 Å². The zero-order chi connectivity index (χ0) is 26.4. The average Bonchev–Trinajstić information content (AvgIpc) is 2.88. The second-order valence-corrected chi connectivity index (χ2v) is 7.72. The largest absolute Gasteiger partial charge is 0.479 e. The summed E-state index contributed by atoms with van der Waals surface area (Å²) >= 11 is 0. The molecule has 0 aliphatic heterocycles. The Morgan fingerprint density at radius 3 is 1.76 bits per heavy atom. The van der Waals surface area contributed by atoms with Gasteiger partial charge in [-0.05, 0) is 57.2 Å². The van der Waals surface area contributed by atoms with Gasteiger partial charge in [-0.25, -0.2) is 4.79 Å². The van der Waals surface area contributed by atoms with Crippen LogP contribution in [0.15, 0.2) is 61.7 Å². The molecule has 3 nitrogen and oxygen atoms in total. The van der Waals surface area contributed by atoms with E-state index in [4.69, 9.17) is 9.84 Å². The summed E-state index contributed by atoms with van der Waals surface area (Å²) in [5.74, 6) is 0.315. The van der Waals surface area contributed by atoms with Crippen molar-refractivity contribution in [1.82, 2.24) is 0 Å². The molecule has 33 heavy (non-hydrogen) atoms. The second-order valence-electron chi connectivity index (χ2n) is 7.72. The number of carboxylic acid groups (broad SMARTS) is 1. The van der Waals surface area contributed by atoms with Gasteiger partial charge in [-0.2, -0.15) is 0 Å². The van der Waals surface area contributed by atoms with E-state index in [0.29, 0.717) is 11.7 Å². The predicted molar refractivity (Wildman–Crippen MR) is 147 cm³/mol. The first-order chi connectivity index (χ1) is 15.8. The van der Waals surface area contributed by atoms with E-state index in [1.807, 2.05) is 45.9 Å². The predicted octanol–water partition coefficient (Wildman–Crippen LogP) is 9.39. The lowest BCUT2D eigenvalue weighted by Gasteiger charge is -2.39. The van der Waals surface area contributed by atoms with E-state index in [0.717, 1.165) is 0 Å². The van der Waals surface area contributed by atoms with E-state index in [1.165, 1.54) is 43.2 Å². The molecule has 3 heteroatoms. The molecule has 1 aromatic rings. The third-order valence-electron chi connectivity index (χ3n) is 5.43. The smallest absolute Gasteiger partial charge is 0.344 e. The fourth-order valence-electron chi connectivity index (χ4n) is 3.45. The van der Waals surface area contributed by atoms with Crippen molar-refractivity contribution in [2.45, 2.75) is 106 Å². The molecule has 0 radical (unpaired) electrons. The van der Waals surface area contributed by atoms with Crippen LogP contribution in [-0.4, -0.2) is 17.2 Å². The van der Waals surface area contributed by atoms with Crippen molar-refractivity contribution >= 4 is 5.97 Å². The molecule has 0 heterocycles. The van der Waals surface area contributed by atoms with E-state index in [9.17, 15) is 4.79 Å². The third kappa shape index (κ3) is 13.1. The fraction of sp³-hybridized carbons (Fsp3) is 0.567. The maximum atomic E-state index is 10.9. The Labute approximate surface area is 205 Å². The highest BCUT2D eigenvalue weighted by molar-refractivity contribution is 5.72. The first kappa shape index (κ1) is 35.3. The van der Waals surface area contributed by atoms with Crippen molar-refractivity contribution < 1.29 is 14.6 Å². The van der Waals surface area contributed by atoms with E-state index in [-0.39, 0.29) is 5.41 Å². The molecular formula is C30H52O3. The Bertz CT molecular complexity index is 635. The minimum Gasteiger partial charge on any atom is -0.479 e. The molecule has 0 bridgehead atoms. The number of allylic oxidation sites excluding steroid dienone is 3. The highest BCUT2D eigenvalue weighted by Gasteiger charge is 2.35. The number of ether oxygens (including phenoxy) is 1. The number of hydrogen-bond donors (Lipinski definition) is 1. The summed E-state index contributed by atoms with van der Waals surface area (Å²) < 4.78 is 5.42. The fourth-order valence-corrected chi connectivity index (χ4v) is 3.45. The molecule has 0 spiro atoms. The van der Waals surface area contributed by atoms with Gasteiger partial charge in [0.05, 0.1) is 0 Å². The van der Waals surface area contributed by atoms with Crippen LogP contribution in [0.25, 0.3) is 0 Å². The van der Waals surface area contributed by atoms with Crippen molar-refractivity contribution in [1.29, 1.82) is 0 Å². The van der Waals surface area contributed by atoms with E-state index >= 15 is 0 Å². The molecular weight excluding hydrogens is 408 g/mol. The lowest BCUT2D eigenvalue weighted by Crippen LogP contribution is -2.30. The van der Waals surface area contributed by atoms with Gasteiger partial charge in [0, 0.05) is 5.41 Å². The van der Waals surface area contributed by atoms with Gasteiger partial charge in [0.1, 0.15) is 5.75 Å². The molecule has 1 N–H and O–H groups in total. The van der Waals surface area contributed by atoms with Gasteiger partial charge in [-0.15, -0.1) is 19.7 Å². The van der Waals surface area contributed by atoms with Crippen LogP contribution >= 0.6 is 0 Å². The summed E-state index contributed by atoms with van der Waals surface area (Å²) in [5, 5.41) is 8.92. The highest BCUT2D eigenvalue weighted by atomic mass is 16.5. The first-order valence-corrected chi connectivity index (χ1v) is 12.5. The third-order valence-corrected chi connectivity index (χ3v) is 5.43. The molecule has 1 aromatic carbocycles. The second kappa shape index (κ2) is 21.6. The normalized spacial score (nSPS) is 14.8. The Morgan fingerprint density at radius 2 is 1.42 bits per heavy atom. The summed E-state index contributed by atoms with van der Waals surface area (Å²) in [7, 11) is 0. The lowest BCUT2D eigenvalue weighted by atomic mass is 9.65. The Morgan fingerprint density at radius 1 is 1.00 bits per heavy atom. The molecule has 1 aliphatic rings. The van der Waals surface area contributed by atoms with E-state index in [1.54, 1.807) is 6.92 Å². The molecule has 1 aliphatic carbocycles. The zero-order valence-corrected chi connectivity index (χ0v) is 23.0. The minimum absolute atomic E-state index is 0.143. The van der Waals surface area contributed by atoms with E-state index in [2.05, 4.69) is 65.6 Å². The zero-order valence-electron chi connectivity index (χ0n) is 23.0. The summed E-state index contributed by atoms with van der Waals surface area (Å²) in [4.78, 5) is 10.9. The van der Waals surface area contributed by atoms with Crippen LogP contribution in [-0.2, 0) is 10.2 Å². The maximum Gasteiger partial charge on any atom is 0.344 e. The molecule has 190 valence electrons. The SMILES string of the molecule is C/C=C(\C)C1(c2ccc(OC(C)C(=O)O)cc2)CCCCC1.C=C.C=CC(C)C.CC.CC. The van der Waals surface area contributed by atoms with Crippen molar-refractivity contribution in [2.24, 2.45) is 5.92 Å². The lowest BCUT2D eigenvalue weighted by molar-refractivity contribution is -0.144. The number of aliphatic carboxylic acids is 1. The van der Waals surface area contributed by atoms with Crippen LogP contribution in [0.5, 0.6) is 5.75 Å².